The molecule has 0 saturated carbocycles. The van der Waals surface area contributed by atoms with Gasteiger partial charge in [0.2, 0.25) is 11.8 Å². The fourth-order valence-electron chi connectivity index (χ4n) is 3.86. The second kappa shape index (κ2) is 8.32. The molecule has 0 bridgehead atoms. The van der Waals surface area contributed by atoms with Crippen LogP contribution >= 0.6 is 0 Å². The first-order chi connectivity index (χ1) is 12.2. The van der Waals surface area contributed by atoms with E-state index in [1.54, 1.807) is 4.90 Å². The van der Waals surface area contributed by atoms with Gasteiger partial charge in [0.1, 0.15) is 0 Å². The molecule has 1 fully saturated rings. The summed E-state index contributed by atoms with van der Waals surface area (Å²) < 4.78 is 0. The maximum atomic E-state index is 12.9. The van der Waals surface area contributed by atoms with Gasteiger partial charge < -0.3 is 9.80 Å². The summed E-state index contributed by atoms with van der Waals surface area (Å²) in [5.74, 6) is -0.0201. The lowest BCUT2D eigenvalue weighted by Gasteiger charge is -2.24. The molecule has 2 aliphatic rings. The lowest BCUT2D eigenvalue weighted by atomic mass is 9.97. The quantitative estimate of drug-likeness (QED) is 0.740. The summed E-state index contributed by atoms with van der Waals surface area (Å²) in [6.07, 6.45) is 8.54. The van der Waals surface area contributed by atoms with Crippen molar-refractivity contribution >= 4 is 17.5 Å². The summed E-state index contributed by atoms with van der Waals surface area (Å²) in [7, 11) is 0. The molecule has 1 heterocycles. The maximum absolute atomic E-state index is 12.9. The van der Waals surface area contributed by atoms with Crippen LogP contribution in [0.4, 0.5) is 5.69 Å². The minimum atomic E-state index is -0.215. The average molecular weight is 340 g/mol. The van der Waals surface area contributed by atoms with Crippen molar-refractivity contribution in [3.8, 4) is 0 Å². The Balaban J connectivity index is 1.59. The van der Waals surface area contributed by atoms with Gasteiger partial charge in [-0.1, -0.05) is 29.8 Å². The molecule has 4 heteroatoms. The number of carbonyl (C=O) groups excluding carboxylic acids is 2. The predicted octanol–water partition coefficient (Wildman–Crippen LogP) is 3.78. The summed E-state index contributed by atoms with van der Waals surface area (Å²) in [5, 5.41) is 0. The summed E-state index contributed by atoms with van der Waals surface area (Å²) in [5.41, 5.74) is 2.39. The van der Waals surface area contributed by atoms with Crippen LogP contribution in [-0.2, 0) is 9.59 Å². The zero-order chi connectivity index (χ0) is 17.6. The third kappa shape index (κ3) is 4.30. The fourth-order valence-corrected chi connectivity index (χ4v) is 3.86. The Morgan fingerprint density at radius 2 is 2.04 bits per heavy atom. The second-order valence-electron chi connectivity index (χ2n) is 7.02. The molecular weight excluding hydrogens is 312 g/mol. The molecule has 0 N–H and O–H groups in total. The van der Waals surface area contributed by atoms with E-state index in [9.17, 15) is 9.59 Å². The van der Waals surface area contributed by atoms with Crippen molar-refractivity contribution in [1.82, 2.24) is 4.90 Å². The van der Waals surface area contributed by atoms with Gasteiger partial charge in [-0.05, 0) is 51.2 Å². The van der Waals surface area contributed by atoms with Gasteiger partial charge >= 0.3 is 0 Å². The number of nitrogens with zero attached hydrogens (tertiary/aromatic N) is 2. The van der Waals surface area contributed by atoms with Crippen LogP contribution < -0.4 is 4.90 Å². The van der Waals surface area contributed by atoms with Crippen molar-refractivity contribution < 1.29 is 9.59 Å². The smallest absolute Gasteiger partial charge is 0.232 e. The first-order valence-corrected chi connectivity index (χ1v) is 9.51. The lowest BCUT2D eigenvalue weighted by Crippen LogP contribution is -2.37. The largest absolute Gasteiger partial charge is 0.342 e. The van der Waals surface area contributed by atoms with Crippen molar-refractivity contribution in [3.05, 3.63) is 42.0 Å². The number of para-hydroxylation sites is 1. The van der Waals surface area contributed by atoms with Crippen LogP contribution in [0.1, 0.15) is 45.4 Å². The van der Waals surface area contributed by atoms with Gasteiger partial charge in [0.25, 0.3) is 0 Å². The molecule has 0 aromatic heterocycles. The summed E-state index contributed by atoms with van der Waals surface area (Å²) in [6.45, 7) is 3.93. The van der Waals surface area contributed by atoms with Crippen molar-refractivity contribution in [3.63, 3.8) is 0 Å². The Bertz CT molecular complexity index is 639. The minimum Gasteiger partial charge on any atom is -0.342 e. The van der Waals surface area contributed by atoms with E-state index < -0.39 is 0 Å². The predicted molar refractivity (Wildman–Crippen MR) is 100 cm³/mol. The number of likely N-dealkylation sites (tertiary alicyclic amines) is 1. The summed E-state index contributed by atoms with van der Waals surface area (Å²) >= 11 is 0. The molecule has 2 amide bonds. The Kier molecular flexibility index (Phi) is 5.90. The van der Waals surface area contributed by atoms with Crippen molar-refractivity contribution in [2.75, 3.05) is 24.5 Å². The van der Waals surface area contributed by atoms with Crippen molar-refractivity contribution in [2.24, 2.45) is 5.92 Å². The molecule has 0 radical (unpaired) electrons. The van der Waals surface area contributed by atoms with Crippen LogP contribution in [0.3, 0.4) is 0 Å². The standard InChI is InChI=1S/C21H28N2O2/c1-2-23(19-11-7-4-8-12-19)21(25)18-15-20(24)22(16-18)14-13-17-9-5-3-6-10-17/h4,7-9,11-12,18H,2-3,5-6,10,13-16H2,1H3. The molecule has 1 atom stereocenters. The van der Waals surface area contributed by atoms with E-state index >= 15 is 0 Å². The third-order valence-electron chi connectivity index (χ3n) is 5.30. The van der Waals surface area contributed by atoms with Crippen molar-refractivity contribution in [2.45, 2.75) is 45.4 Å². The molecule has 1 aromatic carbocycles. The van der Waals surface area contributed by atoms with Gasteiger partial charge in [0, 0.05) is 31.7 Å². The van der Waals surface area contributed by atoms with Gasteiger partial charge in [0.15, 0.2) is 0 Å². The Morgan fingerprint density at radius 1 is 1.24 bits per heavy atom. The SMILES string of the molecule is CCN(C(=O)C1CC(=O)N(CCC2=CCCCC2)C1)c1ccccc1. The molecule has 1 unspecified atom stereocenters. The second-order valence-corrected chi connectivity index (χ2v) is 7.02. The first kappa shape index (κ1) is 17.7. The summed E-state index contributed by atoms with van der Waals surface area (Å²) in [4.78, 5) is 28.9. The molecule has 1 aliphatic carbocycles. The molecule has 25 heavy (non-hydrogen) atoms. The Labute approximate surface area is 150 Å². The zero-order valence-electron chi connectivity index (χ0n) is 15.1. The fraction of sp³-hybridized carbons (Fsp3) is 0.524. The number of anilines is 1. The molecule has 1 aliphatic heterocycles. The molecule has 4 nitrogen and oxygen atoms in total. The number of hydrogen-bond donors (Lipinski definition) is 0. The molecule has 1 aromatic rings. The van der Waals surface area contributed by atoms with Crippen LogP contribution in [0.15, 0.2) is 42.0 Å². The highest BCUT2D eigenvalue weighted by Gasteiger charge is 2.36. The number of carbonyl (C=O) groups is 2. The van der Waals surface area contributed by atoms with E-state index in [1.807, 2.05) is 42.2 Å². The molecular formula is C21H28N2O2. The monoisotopic (exact) mass is 340 g/mol. The number of benzene rings is 1. The first-order valence-electron chi connectivity index (χ1n) is 9.51. The minimum absolute atomic E-state index is 0.0708. The molecule has 3 rings (SSSR count). The normalized spacial score (nSPS) is 20.5. The van der Waals surface area contributed by atoms with Crippen LogP contribution in [0.25, 0.3) is 0 Å². The molecule has 134 valence electrons. The highest BCUT2D eigenvalue weighted by atomic mass is 16.2. The van der Waals surface area contributed by atoms with E-state index in [1.165, 1.54) is 31.3 Å². The molecule has 1 saturated heterocycles. The van der Waals surface area contributed by atoms with E-state index in [2.05, 4.69) is 6.08 Å². The van der Waals surface area contributed by atoms with Gasteiger partial charge in [-0.3, -0.25) is 9.59 Å². The Morgan fingerprint density at radius 3 is 2.72 bits per heavy atom. The number of rotatable bonds is 6. The van der Waals surface area contributed by atoms with Crippen LogP contribution in [0, 0.1) is 5.92 Å². The van der Waals surface area contributed by atoms with Gasteiger partial charge in [-0.25, -0.2) is 0 Å². The summed E-state index contributed by atoms with van der Waals surface area (Å²) in [6, 6.07) is 9.73. The van der Waals surface area contributed by atoms with E-state index in [4.69, 9.17) is 0 Å². The van der Waals surface area contributed by atoms with Crippen molar-refractivity contribution in [1.29, 1.82) is 0 Å². The van der Waals surface area contributed by atoms with Gasteiger partial charge in [0.05, 0.1) is 5.92 Å². The third-order valence-corrected chi connectivity index (χ3v) is 5.30. The number of allylic oxidation sites excluding steroid dienone is 1. The van der Waals surface area contributed by atoms with Crippen LogP contribution in [0.5, 0.6) is 0 Å². The topological polar surface area (TPSA) is 40.6 Å². The zero-order valence-corrected chi connectivity index (χ0v) is 15.1. The molecule has 0 spiro atoms. The average Bonchev–Trinajstić information content (AvgIpc) is 3.03. The van der Waals surface area contributed by atoms with Gasteiger partial charge in [-0.2, -0.15) is 0 Å². The van der Waals surface area contributed by atoms with Crippen LogP contribution in [0.2, 0.25) is 0 Å². The maximum Gasteiger partial charge on any atom is 0.232 e. The van der Waals surface area contributed by atoms with E-state index in [-0.39, 0.29) is 17.7 Å². The highest BCUT2D eigenvalue weighted by molar-refractivity contribution is 5.99. The lowest BCUT2D eigenvalue weighted by molar-refractivity contribution is -0.128. The van der Waals surface area contributed by atoms with E-state index in [0.29, 0.717) is 19.5 Å². The van der Waals surface area contributed by atoms with Crippen LogP contribution in [-0.4, -0.2) is 36.3 Å². The van der Waals surface area contributed by atoms with E-state index in [0.717, 1.165) is 18.7 Å². The number of amides is 2. The van der Waals surface area contributed by atoms with Gasteiger partial charge in [-0.15, -0.1) is 0 Å². The number of hydrogen-bond acceptors (Lipinski definition) is 2. The highest BCUT2D eigenvalue weighted by Crippen LogP contribution is 2.26. The Hall–Kier alpha value is -2.10.